The molecule has 1 aromatic heterocycles. The second kappa shape index (κ2) is 4.30. The van der Waals surface area contributed by atoms with Crippen molar-refractivity contribution in [1.29, 1.82) is 0 Å². The van der Waals surface area contributed by atoms with Gasteiger partial charge in [-0.05, 0) is 24.6 Å². The average molecular weight is 237 g/mol. The molecule has 0 N–H and O–H groups in total. The van der Waals surface area contributed by atoms with Crippen LogP contribution in [0.15, 0.2) is 28.7 Å². The fourth-order valence-corrected chi connectivity index (χ4v) is 1.80. The van der Waals surface area contributed by atoms with Crippen LogP contribution < -0.4 is 0 Å². The lowest BCUT2D eigenvalue weighted by molar-refractivity contribution is 0.0901. The number of ketones is 1. The molecule has 2 rings (SSSR count). The molecule has 0 aliphatic heterocycles. The van der Waals surface area contributed by atoms with Gasteiger partial charge in [0.05, 0.1) is 5.02 Å². The number of furan rings is 1. The molecule has 1 unspecified atom stereocenters. The van der Waals surface area contributed by atoms with Gasteiger partial charge >= 0.3 is 0 Å². The van der Waals surface area contributed by atoms with Crippen molar-refractivity contribution in [1.82, 2.24) is 0 Å². The van der Waals surface area contributed by atoms with Gasteiger partial charge in [-0.15, -0.1) is 0 Å². The number of carbonyl (C=O) groups is 1. The molecule has 0 fully saturated rings. The molecule has 2 aromatic rings. The highest BCUT2D eigenvalue weighted by Gasteiger charge is 2.18. The van der Waals surface area contributed by atoms with E-state index in [1.165, 1.54) is 0 Å². The van der Waals surface area contributed by atoms with Crippen LogP contribution >= 0.6 is 11.6 Å². The van der Waals surface area contributed by atoms with Gasteiger partial charge in [0.15, 0.2) is 5.76 Å². The average Bonchev–Trinajstić information content (AvgIpc) is 2.72. The Morgan fingerprint density at radius 1 is 1.50 bits per heavy atom. The van der Waals surface area contributed by atoms with Gasteiger partial charge in [0.2, 0.25) is 5.78 Å². The van der Waals surface area contributed by atoms with Crippen molar-refractivity contribution in [3.63, 3.8) is 0 Å². The van der Waals surface area contributed by atoms with E-state index in [0.717, 1.165) is 11.8 Å². The first-order valence-corrected chi connectivity index (χ1v) is 5.73. The zero-order valence-corrected chi connectivity index (χ0v) is 10.0. The molecule has 84 valence electrons. The Balaban J connectivity index is 2.48. The fourth-order valence-electron chi connectivity index (χ4n) is 1.58. The SMILES string of the molecule is CCC(C)C(=O)c1cc2c(Cl)cccc2o1. The van der Waals surface area contributed by atoms with E-state index in [9.17, 15) is 4.79 Å². The van der Waals surface area contributed by atoms with Gasteiger partial charge in [-0.25, -0.2) is 0 Å². The van der Waals surface area contributed by atoms with Gasteiger partial charge in [0, 0.05) is 11.3 Å². The molecule has 0 spiro atoms. The second-order valence-corrected chi connectivity index (χ2v) is 4.34. The van der Waals surface area contributed by atoms with Crippen LogP contribution in [0.25, 0.3) is 11.0 Å². The molecule has 3 heteroatoms. The zero-order chi connectivity index (χ0) is 11.7. The van der Waals surface area contributed by atoms with Crippen LogP contribution in [0.1, 0.15) is 30.8 Å². The summed E-state index contributed by atoms with van der Waals surface area (Å²) in [4.78, 5) is 11.9. The van der Waals surface area contributed by atoms with Crippen molar-refractivity contribution in [3.05, 3.63) is 35.0 Å². The van der Waals surface area contributed by atoms with Crippen LogP contribution in [0.3, 0.4) is 0 Å². The molecule has 1 atom stereocenters. The maximum absolute atomic E-state index is 11.9. The predicted octanol–water partition coefficient (Wildman–Crippen LogP) is 4.32. The van der Waals surface area contributed by atoms with Gasteiger partial charge in [-0.3, -0.25) is 4.79 Å². The summed E-state index contributed by atoms with van der Waals surface area (Å²) in [6.45, 7) is 3.88. The van der Waals surface area contributed by atoms with Crippen LogP contribution in [0.5, 0.6) is 0 Å². The third kappa shape index (κ3) is 1.85. The van der Waals surface area contributed by atoms with Gasteiger partial charge in [-0.2, -0.15) is 0 Å². The van der Waals surface area contributed by atoms with Gasteiger partial charge in [0.25, 0.3) is 0 Å². The maximum atomic E-state index is 11.9. The molecule has 1 heterocycles. The molecule has 1 aromatic carbocycles. The number of hydrogen-bond donors (Lipinski definition) is 0. The molecular formula is C13H13ClO2. The Morgan fingerprint density at radius 3 is 2.88 bits per heavy atom. The molecule has 0 amide bonds. The fraction of sp³-hybridized carbons (Fsp3) is 0.308. The third-order valence-corrected chi connectivity index (χ3v) is 3.14. The van der Waals surface area contributed by atoms with Crippen LogP contribution in [0.2, 0.25) is 5.02 Å². The smallest absolute Gasteiger partial charge is 0.200 e. The first-order chi connectivity index (χ1) is 7.63. The van der Waals surface area contributed by atoms with E-state index < -0.39 is 0 Å². The Hall–Kier alpha value is -1.28. The standard InChI is InChI=1S/C13H13ClO2/c1-3-8(2)13(15)12-7-9-10(14)5-4-6-11(9)16-12/h4-8H,3H2,1-2H3. The van der Waals surface area contributed by atoms with Crippen molar-refractivity contribution < 1.29 is 9.21 Å². The van der Waals surface area contributed by atoms with Crippen LogP contribution in [0.4, 0.5) is 0 Å². The summed E-state index contributed by atoms with van der Waals surface area (Å²) in [5.41, 5.74) is 0.666. The Bertz CT molecular complexity index is 528. The molecular weight excluding hydrogens is 224 g/mol. The molecule has 0 saturated carbocycles. The normalized spacial score (nSPS) is 12.9. The van der Waals surface area contributed by atoms with Crippen LogP contribution in [-0.4, -0.2) is 5.78 Å². The number of Topliss-reactive ketones (excluding diaryl/α,β-unsaturated/α-hetero) is 1. The lowest BCUT2D eigenvalue weighted by atomic mass is 10.0. The monoisotopic (exact) mass is 236 g/mol. The lowest BCUT2D eigenvalue weighted by Crippen LogP contribution is -2.08. The molecule has 0 bridgehead atoms. The van der Waals surface area contributed by atoms with E-state index >= 15 is 0 Å². The number of benzene rings is 1. The van der Waals surface area contributed by atoms with E-state index in [0.29, 0.717) is 16.4 Å². The Kier molecular flexibility index (Phi) is 3.01. The van der Waals surface area contributed by atoms with Crippen molar-refractivity contribution in [2.75, 3.05) is 0 Å². The van der Waals surface area contributed by atoms with Crippen molar-refractivity contribution in [2.45, 2.75) is 20.3 Å². The molecule has 0 saturated heterocycles. The zero-order valence-electron chi connectivity index (χ0n) is 9.29. The first-order valence-electron chi connectivity index (χ1n) is 5.35. The summed E-state index contributed by atoms with van der Waals surface area (Å²) in [5, 5.41) is 1.42. The van der Waals surface area contributed by atoms with E-state index in [1.54, 1.807) is 12.1 Å². The first kappa shape index (κ1) is 11.2. The molecule has 2 nitrogen and oxygen atoms in total. The number of fused-ring (bicyclic) bond motifs is 1. The molecule has 0 radical (unpaired) electrons. The van der Waals surface area contributed by atoms with Crippen molar-refractivity contribution >= 4 is 28.4 Å². The van der Waals surface area contributed by atoms with Crippen molar-refractivity contribution in [2.24, 2.45) is 5.92 Å². The largest absolute Gasteiger partial charge is 0.453 e. The summed E-state index contributed by atoms with van der Waals surface area (Å²) >= 11 is 6.02. The maximum Gasteiger partial charge on any atom is 0.200 e. The van der Waals surface area contributed by atoms with Crippen LogP contribution in [0, 0.1) is 5.92 Å². The summed E-state index contributed by atoms with van der Waals surface area (Å²) in [6, 6.07) is 7.14. The highest BCUT2D eigenvalue weighted by atomic mass is 35.5. The van der Waals surface area contributed by atoms with E-state index in [-0.39, 0.29) is 11.7 Å². The molecule has 0 aliphatic carbocycles. The number of halogens is 1. The van der Waals surface area contributed by atoms with Gasteiger partial charge < -0.3 is 4.42 Å². The lowest BCUT2D eigenvalue weighted by Gasteiger charge is -2.02. The summed E-state index contributed by atoms with van der Waals surface area (Å²) in [5.74, 6) is 0.423. The number of carbonyl (C=O) groups excluding carboxylic acids is 1. The Morgan fingerprint density at radius 2 is 2.25 bits per heavy atom. The van der Waals surface area contributed by atoms with Gasteiger partial charge in [-0.1, -0.05) is 31.5 Å². The van der Waals surface area contributed by atoms with Gasteiger partial charge in [0.1, 0.15) is 5.58 Å². The summed E-state index contributed by atoms with van der Waals surface area (Å²) in [6.07, 6.45) is 0.809. The van der Waals surface area contributed by atoms with Crippen molar-refractivity contribution in [3.8, 4) is 0 Å². The minimum atomic E-state index is -0.0145. The summed E-state index contributed by atoms with van der Waals surface area (Å²) in [7, 11) is 0. The Labute approximate surface area is 99.2 Å². The minimum Gasteiger partial charge on any atom is -0.453 e. The number of rotatable bonds is 3. The number of hydrogen-bond acceptors (Lipinski definition) is 2. The van der Waals surface area contributed by atoms with Crippen LogP contribution in [-0.2, 0) is 0 Å². The highest BCUT2D eigenvalue weighted by Crippen LogP contribution is 2.27. The van der Waals surface area contributed by atoms with E-state index in [4.69, 9.17) is 16.0 Å². The predicted molar refractivity (Wildman–Crippen MR) is 65.0 cm³/mol. The summed E-state index contributed by atoms with van der Waals surface area (Å²) < 4.78 is 5.50. The highest BCUT2D eigenvalue weighted by molar-refractivity contribution is 6.35. The molecule has 16 heavy (non-hydrogen) atoms. The van der Waals surface area contributed by atoms with E-state index in [1.807, 2.05) is 26.0 Å². The second-order valence-electron chi connectivity index (χ2n) is 3.94. The minimum absolute atomic E-state index is 0.0145. The topological polar surface area (TPSA) is 30.2 Å². The quantitative estimate of drug-likeness (QED) is 0.743. The molecule has 0 aliphatic rings. The third-order valence-electron chi connectivity index (χ3n) is 2.81. The van der Waals surface area contributed by atoms with E-state index in [2.05, 4.69) is 0 Å².